The van der Waals surface area contributed by atoms with Gasteiger partial charge in [0.1, 0.15) is 4.34 Å². The Balaban J connectivity index is 1.49. The number of hydrogen-bond acceptors (Lipinski definition) is 3. The lowest BCUT2D eigenvalue weighted by atomic mass is 9.88. The van der Waals surface area contributed by atoms with Gasteiger partial charge in [0.2, 0.25) is 0 Å². The van der Waals surface area contributed by atoms with Crippen molar-refractivity contribution < 1.29 is 0 Å². The number of likely N-dealkylation sites (tertiary alicyclic amines) is 1. The predicted octanol–water partition coefficient (Wildman–Crippen LogP) is 4.13. The van der Waals surface area contributed by atoms with Crippen molar-refractivity contribution in [3.8, 4) is 0 Å². The van der Waals surface area contributed by atoms with Crippen LogP contribution in [0.5, 0.6) is 0 Å². The van der Waals surface area contributed by atoms with E-state index in [1.165, 1.54) is 50.2 Å². The Labute approximate surface area is 132 Å². The maximum Gasteiger partial charge on any atom is 0.107 e. The van der Waals surface area contributed by atoms with E-state index in [2.05, 4.69) is 32.2 Å². The summed E-state index contributed by atoms with van der Waals surface area (Å²) in [7, 11) is 0. The average Bonchev–Trinajstić information content (AvgIpc) is 3.02. The number of rotatable bonds is 3. The van der Waals surface area contributed by atoms with Crippen LogP contribution in [0.1, 0.15) is 30.6 Å². The van der Waals surface area contributed by atoms with E-state index in [1.807, 2.05) is 0 Å². The van der Waals surface area contributed by atoms with Gasteiger partial charge in [-0.15, -0.1) is 11.3 Å². The molecule has 0 aromatic carbocycles. The molecule has 2 aliphatic heterocycles. The summed E-state index contributed by atoms with van der Waals surface area (Å²) in [5.41, 5.74) is 0. The Morgan fingerprint density at radius 3 is 2.74 bits per heavy atom. The molecule has 2 aliphatic rings. The number of hydrogen-bond donors (Lipinski definition) is 1. The Morgan fingerprint density at radius 1 is 1.37 bits per heavy atom. The monoisotopic (exact) mass is 362 g/mol. The van der Waals surface area contributed by atoms with Crippen LogP contribution in [-0.4, -0.2) is 30.6 Å². The summed E-state index contributed by atoms with van der Waals surface area (Å²) in [5, 5.41) is 3.66. The molecule has 1 atom stereocenters. The third-order valence-corrected chi connectivity index (χ3v) is 6.83. The lowest BCUT2D eigenvalue weighted by molar-refractivity contribution is 0.158. The highest BCUT2D eigenvalue weighted by Gasteiger charge is 2.28. The molecule has 0 spiro atoms. The molecule has 2 fully saturated rings. The van der Waals surface area contributed by atoms with Gasteiger partial charge in [-0.05, 0) is 73.2 Å². The summed E-state index contributed by atoms with van der Waals surface area (Å²) in [6, 6.07) is 2.96. The van der Waals surface area contributed by atoms with Crippen LogP contribution in [0.25, 0.3) is 0 Å². The SMILES string of the molecule is Clc1sc(CN2CCC(C3CCCN3)CC2)cc1Br. The summed E-state index contributed by atoms with van der Waals surface area (Å²) >= 11 is 11.3. The van der Waals surface area contributed by atoms with E-state index in [0.717, 1.165) is 27.3 Å². The standard InChI is InChI=1S/C14H20BrClN2S/c15-12-8-11(19-14(12)16)9-18-6-3-10(4-7-18)13-2-1-5-17-13/h8,10,13,17H,1-7,9H2. The van der Waals surface area contributed by atoms with Crippen molar-refractivity contribution in [2.45, 2.75) is 38.3 Å². The van der Waals surface area contributed by atoms with Gasteiger partial charge in [-0.3, -0.25) is 4.90 Å². The van der Waals surface area contributed by atoms with Crippen LogP contribution in [0.4, 0.5) is 0 Å². The topological polar surface area (TPSA) is 15.3 Å². The minimum absolute atomic E-state index is 0.799. The molecule has 3 rings (SSSR count). The fraction of sp³-hybridized carbons (Fsp3) is 0.714. The molecule has 0 amide bonds. The summed E-state index contributed by atoms with van der Waals surface area (Å²) in [4.78, 5) is 3.94. The van der Waals surface area contributed by atoms with E-state index in [-0.39, 0.29) is 0 Å². The van der Waals surface area contributed by atoms with Crippen molar-refractivity contribution in [3.05, 3.63) is 19.8 Å². The van der Waals surface area contributed by atoms with Crippen LogP contribution < -0.4 is 5.32 Å². The Morgan fingerprint density at radius 2 is 2.16 bits per heavy atom. The molecule has 2 nitrogen and oxygen atoms in total. The summed E-state index contributed by atoms with van der Waals surface area (Å²) in [6.45, 7) is 4.75. The van der Waals surface area contributed by atoms with Gasteiger partial charge in [-0.2, -0.15) is 0 Å². The predicted molar refractivity (Wildman–Crippen MR) is 86.1 cm³/mol. The van der Waals surface area contributed by atoms with Crippen molar-refractivity contribution in [2.75, 3.05) is 19.6 Å². The molecule has 0 bridgehead atoms. The van der Waals surface area contributed by atoms with Gasteiger partial charge in [0.15, 0.2) is 0 Å². The highest BCUT2D eigenvalue weighted by atomic mass is 79.9. The van der Waals surface area contributed by atoms with Gasteiger partial charge in [0.05, 0.1) is 0 Å². The molecule has 3 heterocycles. The molecule has 5 heteroatoms. The van der Waals surface area contributed by atoms with E-state index in [4.69, 9.17) is 11.6 Å². The minimum atomic E-state index is 0.799. The van der Waals surface area contributed by atoms with Crippen LogP contribution >= 0.6 is 38.9 Å². The van der Waals surface area contributed by atoms with Gasteiger partial charge in [-0.1, -0.05) is 11.6 Å². The molecule has 1 unspecified atom stereocenters. The molecule has 0 saturated carbocycles. The van der Waals surface area contributed by atoms with Crippen LogP contribution in [-0.2, 0) is 6.54 Å². The number of halogens is 2. The van der Waals surface area contributed by atoms with Crippen LogP contribution in [0.15, 0.2) is 10.5 Å². The highest BCUT2D eigenvalue weighted by molar-refractivity contribution is 9.10. The minimum Gasteiger partial charge on any atom is -0.314 e. The lowest BCUT2D eigenvalue weighted by Crippen LogP contribution is -2.40. The van der Waals surface area contributed by atoms with Crippen molar-refractivity contribution >= 4 is 38.9 Å². The Bertz CT molecular complexity index is 404. The largest absolute Gasteiger partial charge is 0.314 e. The van der Waals surface area contributed by atoms with Crippen molar-refractivity contribution in [1.82, 2.24) is 10.2 Å². The van der Waals surface area contributed by atoms with Gasteiger partial charge in [-0.25, -0.2) is 0 Å². The lowest BCUT2D eigenvalue weighted by Gasteiger charge is -2.34. The molecule has 1 aromatic heterocycles. The molecule has 0 aliphatic carbocycles. The molecule has 1 aromatic rings. The summed E-state index contributed by atoms with van der Waals surface area (Å²) < 4.78 is 1.92. The first kappa shape index (κ1) is 14.3. The molecular formula is C14H20BrClN2S. The number of nitrogens with one attached hydrogen (secondary N) is 1. The second-order valence-corrected chi connectivity index (χ2v) is 8.24. The fourth-order valence-corrected chi connectivity index (χ4v) is 5.15. The fourth-order valence-electron chi connectivity index (χ4n) is 3.32. The zero-order valence-corrected chi connectivity index (χ0v) is 14.2. The molecule has 19 heavy (non-hydrogen) atoms. The van der Waals surface area contributed by atoms with E-state index in [9.17, 15) is 0 Å². The third kappa shape index (κ3) is 3.53. The first-order chi connectivity index (χ1) is 9.22. The number of thiophene rings is 1. The second kappa shape index (κ2) is 6.44. The maximum atomic E-state index is 6.10. The average molecular weight is 364 g/mol. The highest BCUT2D eigenvalue weighted by Crippen LogP contribution is 2.33. The Kier molecular flexibility index (Phi) is 4.86. The third-order valence-electron chi connectivity index (χ3n) is 4.38. The van der Waals surface area contributed by atoms with Crippen molar-refractivity contribution in [2.24, 2.45) is 5.92 Å². The van der Waals surface area contributed by atoms with Crippen molar-refractivity contribution in [1.29, 1.82) is 0 Å². The van der Waals surface area contributed by atoms with Crippen LogP contribution in [0, 0.1) is 5.92 Å². The zero-order valence-electron chi connectivity index (χ0n) is 11.0. The van der Waals surface area contributed by atoms with E-state index >= 15 is 0 Å². The van der Waals surface area contributed by atoms with Gasteiger partial charge < -0.3 is 5.32 Å². The Hall–Kier alpha value is 0.390. The quantitative estimate of drug-likeness (QED) is 0.868. The molecule has 106 valence electrons. The zero-order chi connectivity index (χ0) is 13.2. The summed E-state index contributed by atoms with van der Waals surface area (Å²) in [5.74, 6) is 0.900. The molecule has 2 saturated heterocycles. The maximum absolute atomic E-state index is 6.10. The van der Waals surface area contributed by atoms with Crippen molar-refractivity contribution in [3.63, 3.8) is 0 Å². The normalized spacial score (nSPS) is 26.1. The van der Waals surface area contributed by atoms with Gasteiger partial charge >= 0.3 is 0 Å². The van der Waals surface area contributed by atoms with Crippen LogP contribution in [0.2, 0.25) is 4.34 Å². The van der Waals surface area contributed by atoms with Gasteiger partial charge in [0.25, 0.3) is 0 Å². The van der Waals surface area contributed by atoms with Gasteiger partial charge in [0, 0.05) is 21.9 Å². The van der Waals surface area contributed by atoms with E-state index in [0.29, 0.717) is 0 Å². The molecular weight excluding hydrogens is 344 g/mol. The number of piperidine rings is 1. The number of nitrogens with zero attached hydrogens (tertiary/aromatic N) is 1. The molecule has 1 N–H and O–H groups in total. The smallest absolute Gasteiger partial charge is 0.107 e. The van der Waals surface area contributed by atoms with E-state index < -0.39 is 0 Å². The first-order valence-corrected chi connectivity index (χ1v) is 9.10. The summed E-state index contributed by atoms with van der Waals surface area (Å²) in [6.07, 6.45) is 5.45. The van der Waals surface area contributed by atoms with E-state index in [1.54, 1.807) is 11.3 Å². The molecule has 0 radical (unpaired) electrons. The first-order valence-electron chi connectivity index (χ1n) is 7.12. The second-order valence-electron chi connectivity index (χ2n) is 5.65. The van der Waals surface area contributed by atoms with Crippen LogP contribution in [0.3, 0.4) is 0 Å².